The molecule has 2 aromatic heterocycles. The number of thiazole rings is 1. The van der Waals surface area contributed by atoms with Gasteiger partial charge < -0.3 is 19.6 Å². The molecule has 2 heterocycles. The summed E-state index contributed by atoms with van der Waals surface area (Å²) >= 11 is 7.15. The number of nitrogen functional groups attached to an aromatic ring is 1. The molecule has 31 heavy (non-hydrogen) atoms. The van der Waals surface area contributed by atoms with E-state index in [0.717, 1.165) is 16.9 Å². The Labute approximate surface area is 189 Å². The summed E-state index contributed by atoms with van der Waals surface area (Å²) in [4.78, 5) is 28.3. The van der Waals surface area contributed by atoms with Gasteiger partial charge in [0.2, 0.25) is 0 Å². The Morgan fingerprint density at radius 1 is 1.32 bits per heavy atom. The highest BCUT2D eigenvalue weighted by Gasteiger charge is 2.29. The number of benzene rings is 1. The monoisotopic (exact) mass is 462 g/mol. The Morgan fingerprint density at radius 3 is 2.77 bits per heavy atom. The van der Waals surface area contributed by atoms with Crippen LogP contribution in [0.25, 0.3) is 11.5 Å². The van der Waals surface area contributed by atoms with E-state index >= 15 is 0 Å². The van der Waals surface area contributed by atoms with Crippen molar-refractivity contribution in [1.29, 1.82) is 0 Å². The van der Waals surface area contributed by atoms with E-state index in [0.29, 0.717) is 34.2 Å². The molecule has 1 aromatic carbocycles. The van der Waals surface area contributed by atoms with Crippen molar-refractivity contribution in [3.8, 4) is 17.4 Å². The fourth-order valence-electron chi connectivity index (χ4n) is 2.88. The molecule has 1 atom stereocenters. The molecular formula is C22H23ClN2O5S. The number of ether oxygens (including phenoxy) is 2. The van der Waals surface area contributed by atoms with Gasteiger partial charge in [-0.1, -0.05) is 55.8 Å². The van der Waals surface area contributed by atoms with Crippen LogP contribution in [-0.2, 0) is 9.53 Å². The van der Waals surface area contributed by atoms with Crippen LogP contribution in [0.2, 0.25) is 5.02 Å². The third-order valence-corrected chi connectivity index (χ3v) is 5.53. The fourth-order valence-corrected chi connectivity index (χ4v) is 4.06. The quantitative estimate of drug-likeness (QED) is 0.328. The van der Waals surface area contributed by atoms with Crippen LogP contribution >= 0.6 is 22.9 Å². The first-order valence-corrected chi connectivity index (χ1v) is 10.8. The number of anilines is 1. The van der Waals surface area contributed by atoms with E-state index in [-0.39, 0.29) is 23.5 Å². The Bertz CT molecular complexity index is 1070. The van der Waals surface area contributed by atoms with Crippen LogP contribution in [0.3, 0.4) is 0 Å². The molecule has 0 unspecified atom stereocenters. The first-order chi connectivity index (χ1) is 14.7. The van der Waals surface area contributed by atoms with Gasteiger partial charge in [0, 0.05) is 22.9 Å². The lowest BCUT2D eigenvalue weighted by Gasteiger charge is -2.16. The maximum Gasteiger partial charge on any atom is 0.293 e. The third-order valence-electron chi connectivity index (χ3n) is 4.41. The lowest BCUT2D eigenvalue weighted by atomic mass is 9.89. The first-order valence-electron chi connectivity index (χ1n) is 9.57. The largest absolute Gasteiger partial charge is 0.465 e. The molecule has 164 valence electrons. The second kappa shape index (κ2) is 9.53. The average Bonchev–Trinajstić information content (AvgIpc) is 3.32. The number of nitrogens with two attached hydrogens (primary N) is 1. The zero-order valence-electron chi connectivity index (χ0n) is 17.4. The van der Waals surface area contributed by atoms with Crippen molar-refractivity contribution in [3.05, 3.63) is 51.9 Å². The van der Waals surface area contributed by atoms with Gasteiger partial charge in [0.15, 0.2) is 16.7 Å². The average molecular weight is 463 g/mol. The van der Waals surface area contributed by atoms with E-state index in [1.165, 1.54) is 0 Å². The van der Waals surface area contributed by atoms with E-state index < -0.39 is 11.5 Å². The van der Waals surface area contributed by atoms with Crippen LogP contribution in [0, 0.1) is 5.41 Å². The molecular weight excluding hydrogens is 440 g/mol. The van der Waals surface area contributed by atoms with Crippen LogP contribution in [0.15, 0.2) is 40.8 Å². The number of ketones is 1. The number of halogens is 1. The molecule has 0 amide bonds. The summed E-state index contributed by atoms with van der Waals surface area (Å²) in [5.74, 6) is 0.587. The highest BCUT2D eigenvalue weighted by Crippen LogP contribution is 2.36. The second-order valence-corrected chi connectivity index (χ2v) is 9.31. The molecule has 9 heteroatoms. The summed E-state index contributed by atoms with van der Waals surface area (Å²) in [6, 6.07) is 10.4. The van der Waals surface area contributed by atoms with E-state index in [4.69, 9.17) is 31.2 Å². The molecule has 0 bridgehead atoms. The summed E-state index contributed by atoms with van der Waals surface area (Å²) < 4.78 is 16.6. The van der Waals surface area contributed by atoms with Gasteiger partial charge in [-0.2, -0.15) is 0 Å². The minimum Gasteiger partial charge on any atom is -0.465 e. The van der Waals surface area contributed by atoms with Crippen molar-refractivity contribution >= 4 is 40.3 Å². The molecule has 0 aliphatic heterocycles. The Morgan fingerprint density at radius 2 is 2.10 bits per heavy atom. The van der Waals surface area contributed by atoms with Crippen LogP contribution in [0.1, 0.15) is 48.5 Å². The number of rotatable bonds is 9. The van der Waals surface area contributed by atoms with E-state index in [1.807, 2.05) is 26.8 Å². The van der Waals surface area contributed by atoms with E-state index in [9.17, 15) is 9.59 Å². The lowest BCUT2D eigenvalue weighted by Crippen LogP contribution is -2.19. The zero-order valence-corrected chi connectivity index (χ0v) is 19.0. The number of carbonyl (C=O) groups is 2. The SMILES string of the molecule is CC(C)(C)C(=O)c1sc(N)nc1-c1ccc(OCC[C@@H](OC=O)c2cccc(Cl)c2)o1. The molecule has 0 aliphatic rings. The smallest absolute Gasteiger partial charge is 0.293 e. The maximum absolute atomic E-state index is 12.7. The minimum atomic E-state index is -0.576. The van der Waals surface area contributed by atoms with Crippen LogP contribution in [-0.4, -0.2) is 23.8 Å². The number of nitrogens with zero attached hydrogens (tertiary/aromatic N) is 1. The predicted molar refractivity (Wildman–Crippen MR) is 119 cm³/mol. The van der Waals surface area contributed by atoms with Gasteiger partial charge in [0.05, 0.1) is 6.61 Å². The van der Waals surface area contributed by atoms with Crippen LogP contribution in [0.4, 0.5) is 5.13 Å². The van der Waals surface area contributed by atoms with Crippen molar-refractivity contribution in [2.45, 2.75) is 33.3 Å². The minimum absolute atomic E-state index is 0.0639. The molecule has 0 spiro atoms. The number of carbonyl (C=O) groups excluding carboxylic acids is 2. The number of hydrogen-bond donors (Lipinski definition) is 1. The highest BCUT2D eigenvalue weighted by atomic mass is 35.5. The topological polar surface area (TPSA) is 105 Å². The molecule has 0 saturated heterocycles. The van der Waals surface area contributed by atoms with E-state index in [2.05, 4.69) is 4.98 Å². The van der Waals surface area contributed by atoms with Gasteiger partial charge in [-0.05, 0) is 23.8 Å². The highest BCUT2D eigenvalue weighted by molar-refractivity contribution is 7.17. The molecule has 0 radical (unpaired) electrons. The van der Waals surface area contributed by atoms with Gasteiger partial charge in [-0.25, -0.2) is 4.98 Å². The van der Waals surface area contributed by atoms with E-state index in [1.54, 1.807) is 30.3 Å². The fraction of sp³-hybridized carbons (Fsp3) is 0.318. The summed E-state index contributed by atoms with van der Waals surface area (Å²) in [7, 11) is 0. The van der Waals surface area contributed by atoms with Crippen LogP contribution < -0.4 is 10.5 Å². The van der Waals surface area contributed by atoms with Crippen LogP contribution in [0.5, 0.6) is 5.95 Å². The number of Topliss-reactive ketones (excluding diaryl/α,β-unsaturated/α-hetero) is 1. The normalized spacial score (nSPS) is 12.4. The number of furan rings is 1. The molecule has 7 nitrogen and oxygen atoms in total. The predicted octanol–water partition coefficient (Wildman–Crippen LogP) is 5.55. The van der Waals surface area contributed by atoms with Gasteiger partial charge in [0.1, 0.15) is 16.7 Å². The molecule has 0 aliphatic carbocycles. The van der Waals surface area contributed by atoms with Gasteiger partial charge in [-0.3, -0.25) is 9.59 Å². The third kappa shape index (κ3) is 5.65. The second-order valence-electron chi connectivity index (χ2n) is 7.84. The van der Waals surface area contributed by atoms with Crippen molar-refractivity contribution in [2.24, 2.45) is 5.41 Å². The number of aromatic nitrogens is 1. The summed E-state index contributed by atoms with van der Waals surface area (Å²) in [6.07, 6.45) is -0.105. The lowest BCUT2D eigenvalue weighted by molar-refractivity contribution is -0.134. The van der Waals surface area contributed by atoms with Gasteiger partial charge in [0.25, 0.3) is 12.4 Å². The molecule has 3 aromatic rings. The maximum atomic E-state index is 12.7. The Kier molecular flexibility index (Phi) is 7.02. The summed E-state index contributed by atoms with van der Waals surface area (Å²) in [6.45, 7) is 6.14. The van der Waals surface area contributed by atoms with Crippen molar-refractivity contribution in [1.82, 2.24) is 4.98 Å². The first kappa shape index (κ1) is 22.8. The van der Waals surface area contributed by atoms with Crippen molar-refractivity contribution < 1.29 is 23.5 Å². The Balaban J connectivity index is 1.69. The molecule has 0 fully saturated rings. The molecule has 0 saturated carbocycles. The summed E-state index contributed by atoms with van der Waals surface area (Å²) in [5.41, 5.74) is 6.44. The number of hydrogen-bond acceptors (Lipinski definition) is 8. The standard InChI is InChI=1S/C22H23ClN2O5S/c1-22(2,3)20(27)19-18(25-21(24)31-19)16-7-8-17(30-16)28-10-9-15(29-12-26)13-5-4-6-14(23)11-13/h4-8,11-12,15H,9-10H2,1-3H3,(H2,24,25)/t15-/m1/s1. The Hall–Kier alpha value is -2.84. The van der Waals surface area contributed by atoms with Gasteiger partial charge >= 0.3 is 0 Å². The zero-order chi connectivity index (χ0) is 22.6. The van der Waals surface area contributed by atoms with Crippen molar-refractivity contribution in [3.63, 3.8) is 0 Å². The summed E-state index contributed by atoms with van der Waals surface area (Å²) in [5, 5.41) is 0.841. The van der Waals surface area contributed by atoms with Gasteiger partial charge in [-0.15, -0.1) is 0 Å². The molecule has 3 rings (SSSR count). The van der Waals surface area contributed by atoms with Crippen molar-refractivity contribution in [2.75, 3.05) is 12.3 Å². The molecule has 2 N–H and O–H groups in total.